The molecule has 3 amide bonds. The number of thioether (sulfide) groups is 1. The van der Waals surface area contributed by atoms with E-state index in [1.54, 1.807) is 13.2 Å². The maximum Gasteiger partial charge on any atom is 0.305 e. The summed E-state index contributed by atoms with van der Waals surface area (Å²) in [6.07, 6.45) is 1.50. The lowest BCUT2D eigenvalue weighted by Gasteiger charge is -2.13. The molecule has 180 valence electrons. The smallest absolute Gasteiger partial charge is 0.305 e. The van der Waals surface area contributed by atoms with Gasteiger partial charge in [-0.05, 0) is 20.1 Å². The molecule has 0 fully saturated rings. The van der Waals surface area contributed by atoms with Gasteiger partial charge in [-0.25, -0.2) is 0 Å². The third-order valence-electron chi connectivity index (χ3n) is 3.32. The number of hydrogen-bond acceptors (Lipinski definition) is 7. The minimum atomic E-state index is -1.08. The van der Waals surface area contributed by atoms with Crippen LogP contribution in [0.2, 0.25) is 0 Å². The van der Waals surface area contributed by atoms with Crippen LogP contribution in [-0.4, -0.2) is 76.3 Å². The van der Waals surface area contributed by atoms with Crippen LogP contribution in [0.3, 0.4) is 0 Å². The molecule has 0 aliphatic carbocycles. The maximum absolute atomic E-state index is 11.7. The Balaban J connectivity index is -0.000000973. The molecule has 0 aliphatic rings. The van der Waals surface area contributed by atoms with E-state index in [2.05, 4.69) is 16.0 Å². The summed E-state index contributed by atoms with van der Waals surface area (Å²) in [4.78, 5) is 65.7. The molecule has 0 aromatic rings. The first-order valence-electron chi connectivity index (χ1n) is 9.75. The molecule has 0 aromatic heterocycles. The number of carbonyl (C=O) groups excluding carboxylic acids is 4. The average Bonchev–Trinajstić information content (AvgIpc) is 2.71. The Morgan fingerprint density at radius 3 is 1.84 bits per heavy atom. The summed E-state index contributed by atoms with van der Waals surface area (Å²) in [5.41, 5.74) is 0. The van der Waals surface area contributed by atoms with Crippen molar-refractivity contribution in [2.75, 3.05) is 19.3 Å². The molecule has 11 nitrogen and oxygen atoms in total. The number of carboxylic acid groups (broad SMARTS) is 2. The van der Waals surface area contributed by atoms with Gasteiger partial charge in [0, 0.05) is 19.4 Å². The van der Waals surface area contributed by atoms with Crippen molar-refractivity contribution >= 4 is 47.2 Å². The van der Waals surface area contributed by atoms with Crippen molar-refractivity contribution in [2.45, 2.75) is 65.2 Å². The van der Waals surface area contributed by atoms with Gasteiger partial charge in [0.05, 0.1) is 24.3 Å². The van der Waals surface area contributed by atoms with Crippen molar-refractivity contribution in [1.82, 2.24) is 16.0 Å². The number of rotatable bonds is 12. The summed E-state index contributed by atoms with van der Waals surface area (Å²) < 4.78 is 0. The normalized spacial score (nSPS) is 11.2. The number of nitrogens with one attached hydrogen (secondary N) is 3. The summed E-state index contributed by atoms with van der Waals surface area (Å²) in [6, 6.07) is -0.619. The second-order valence-corrected chi connectivity index (χ2v) is 6.83. The van der Waals surface area contributed by atoms with Gasteiger partial charge >= 0.3 is 11.9 Å². The van der Waals surface area contributed by atoms with E-state index >= 15 is 0 Å². The van der Waals surface area contributed by atoms with Gasteiger partial charge in [-0.1, -0.05) is 20.8 Å². The highest BCUT2D eigenvalue weighted by Crippen LogP contribution is 2.10. The zero-order valence-corrected chi connectivity index (χ0v) is 19.8. The summed E-state index contributed by atoms with van der Waals surface area (Å²) in [6.45, 7) is 8.25. The Morgan fingerprint density at radius 2 is 1.45 bits per heavy atom. The van der Waals surface area contributed by atoms with E-state index in [0.29, 0.717) is 0 Å². The lowest BCUT2D eigenvalue weighted by molar-refractivity contribution is -0.138. The number of Topliss-reactive ketones (excluding diaryl/α,β-unsaturated/α-hetero) is 1. The van der Waals surface area contributed by atoms with Gasteiger partial charge < -0.3 is 26.2 Å². The molecule has 0 aliphatic heterocycles. The molecule has 0 rings (SSSR count). The Labute approximate surface area is 187 Å². The van der Waals surface area contributed by atoms with E-state index < -0.39 is 41.0 Å². The van der Waals surface area contributed by atoms with E-state index in [1.165, 1.54) is 13.8 Å². The molecule has 0 spiro atoms. The number of carboxylic acids is 2. The zero-order chi connectivity index (χ0) is 25.0. The minimum absolute atomic E-state index is 0.0345. The molecular formula is C19H35N3O8S. The van der Waals surface area contributed by atoms with Gasteiger partial charge in [0.1, 0.15) is 0 Å². The van der Waals surface area contributed by atoms with E-state index in [4.69, 9.17) is 10.2 Å². The minimum Gasteiger partial charge on any atom is -0.481 e. The molecule has 0 saturated heterocycles. The van der Waals surface area contributed by atoms with Crippen molar-refractivity contribution in [3.63, 3.8) is 0 Å². The highest BCUT2D eigenvalue weighted by molar-refractivity contribution is 7.99. The van der Waals surface area contributed by atoms with E-state index in [1.807, 2.05) is 13.8 Å². The molecule has 2 atom stereocenters. The SMILES string of the molecule is CC.CCC(=O)O.CSC(CC(=O)O)C(=O)NCCC(=O)NCC(=O)NC(C)C(C)=O. The first-order valence-corrected chi connectivity index (χ1v) is 11.0. The lowest BCUT2D eigenvalue weighted by Crippen LogP contribution is -2.44. The Morgan fingerprint density at radius 1 is 0.935 bits per heavy atom. The lowest BCUT2D eigenvalue weighted by atomic mass is 10.2. The second-order valence-electron chi connectivity index (χ2n) is 5.79. The summed E-state index contributed by atoms with van der Waals surface area (Å²) >= 11 is 1.11. The second kappa shape index (κ2) is 20.6. The summed E-state index contributed by atoms with van der Waals surface area (Å²) in [5.74, 6) is -3.40. The largest absolute Gasteiger partial charge is 0.481 e. The van der Waals surface area contributed by atoms with Gasteiger partial charge in [-0.2, -0.15) is 11.8 Å². The summed E-state index contributed by atoms with van der Waals surface area (Å²) in [5, 5.41) is 22.9. The Bertz CT molecular complexity index is 599. The highest BCUT2D eigenvalue weighted by Gasteiger charge is 2.20. The van der Waals surface area contributed by atoms with Crippen molar-refractivity contribution < 1.29 is 39.0 Å². The van der Waals surface area contributed by atoms with Gasteiger partial charge in [-0.15, -0.1) is 0 Å². The standard InChI is InChI=1S/C14H23N3O6S.C3H6O2.C2H6/c1-8(9(2)18)17-12(20)7-16-11(19)4-5-15-14(23)10(24-3)6-13(21)22;1-2-3(4)5;1-2/h8,10H,4-7H2,1-3H3,(H,15,23)(H,16,19)(H,17,20)(H,21,22);2H2,1H3,(H,4,5);1-2H3. The molecule has 0 aromatic carbocycles. The molecule has 0 saturated carbocycles. The van der Waals surface area contributed by atoms with Crippen molar-refractivity contribution in [3.05, 3.63) is 0 Å². The fourth-order valence-corrected chi connectivity index (χ4v) is 2.12. The van der Waals surface area contributed by atoms with Crippen LogP contribution >= 0.6 is 11.8 Å². The molecule has 2 unspecified atom stereocenters. The Hall–Kier alpha value is -2.63. The van der Waals surface area contributed by atoms with Gasteiger partial charge in [0.2, 0.25) is 17.7 Å². The van der Waals surface area contributed by atoms with E-state index in [0.717, 1.165) is 11.8 Å². The van der Waals surface area contributed by atoms with Crippen LogP contribution in [0, 0.1) is 0 Å². The maximum atomic E-state index is 11.7. The topological polar surface area (TPSA) is 179 Å². The van der Waals surface area contributed by atoms with Gasteiger partial charge in [-0.3, -0.25) is 28.8 Å². The molecule has 31 heavy (non-hydrogen) atoms. The Kier molecular flexibility index (Phi) is 22.0. The fraction of sp³-hybridized carbons (Fsp3) is 0.684. The van der Waals surface area contributed by atoms with Crippen LogP contribution < -0.4 is 16.0 Å². The highest BCUT2D eigenvalue weighted by atomic mass is 32.2. The third-order valence-corrected chi connectivity index (χ3v) is 4.27. The first kappa shape index (κ1) is 33.0. The van der Waals surface area contributed by atoms with Gasteiger partial charge in [0.15, 0.2) is 5.78 Å². The zero-order valence-electron chi connectivity index (χ0n) is 18.9. The van der Waals surface area contributed by atoms with E-state index in [-0.39, 0.29) is 38.1 Å². The average molecular weight is 466 g/mol. The number of ketones is 1. The van der Waals surface area contributed by atoms with Crippen LogP contribution in [-0.2, 0) is 28.8 Å². The quantitative estimate of drug-likeness (QED) is 0.273. The molecular weight excluding hydrogens is 430 g/mol. The monoisotopic (exact) mass is 465 g/mol. The number of hydrogen-bond donors (Lipinski definition) is 5. The number of aliphatic carboxylic acids is 2. The molecule has 5 N–H and O–H groups in total. The van der Waals surface area contributed by atoms with Gasteiger partial charge in [0.25, 0.3) is 0 Å². The number of amides is 3. The van der Waals surface area contributed by atoms with Crippen LogP contribution in [0.1, 0.15) is 53.9 Å². The van der Waals surface area contributed by atoms with Crippen molar-refractivity contribution in [1.29, 1.82) is 0 Å². The third kappa shape index (κ3) is 21.9. The van der Waals surface area contributed by atoms with Crippen LogP contribution in [0.15, 0.2) is 0 Å². The predicted molar refractivity (Wildman–Crippen MR) is 118 cm³/mol. The molecule has 0 heterocycles. The molecule has 0 bridgehead atoms. The van der Waals surface area contributed by atoms with Crippen LogP contribution in [0.25, 0.3) is 0 Å². The number of carbonyl (C=O) groups is 6. The molecule has 0 radical (unpaired) electrons. The van der Waals surface area contributed by atoms with Crippen molar-refractivity contribution in [3.8, 4) is 0 Å². The fourth-order valence-electron chi connectivity index (χ4n) is 1.52. The van der Waals surface area contributed by atoms with Crippen LogP contribution in [0.4, 0.5) is 0 Å². The molecule has 12 heteroatoms. The van der Waals surface area contributed by atoms with E-state index in [9.17, 15) is 28.8 Å². The van der Waals surface area contributed by atoms with Crippen molar-refractivity contribution in [2.24, 2.45) is 0 Å². The predicted octanol–water partition coefficient (Wildman–Crippen LogP) is 0.416. The van der Waals surface area contributed by atoms with Crippen LogP contribution in [0.5, 0.6) is 0 Å². The summed E-state index contributed by atoms with van der Waals surface area (Å²) in [7, 11) is 0. The first-order chi connectivity index (χ1) is 14.4.